The molecule has 0 radical (unpaired) electrons. The highest BCUT2D eigenvalue weighted by Gasteiger charge is 2.26. The van der Waals surface area contributed by atoms with Crippen LogP contribution in [0.4, 0.5) is 11.8 Å². The van der Waals surface area contributed by atoms with Crippen molar-refractivity contribution in [3.63, 3.8) is 0 Å². The zero-order valence-corrected chi connectivity index (χ0v) is 13.3. The molecule has 1 fully saturated rings. The molecule has 1 aromatic carbocycles. The minimum absolute atomic E-state index is 0.197. The van der Waals surface area contributed by atoms with Crippen LogP contribution in [0, 0.1) is 0 Å². The summed E-state index contributed by atoms with van der Waals surface area (Å²) in [5.41, 5.74) is 6.97. The summed E-state index contributed by atoms with van der Waals surface area (Å²) in [7, 11) is 0. The normalized spacial score (nSPS) is 20.0. The van der Waals surface area contributed by atoms with E-state index in [4.69, 9.17) is 17.3 Å². The Hall–Kier alpha value is -1.85. The average Bonchev–Trinajstić information content (AvgIpc) is 2.95. The summed E-state index contributed by atoms with van der Waals surface area (Å²) in [6.45, 7) is 4.27. The summed E-state index contributed by atoms with van der Waals surface area (Å²) in [5, 5.41) is 3.77. The molecule has 0 saturated carbocycles. The molecule has 1 aliphatic heterocycles. The van der Waals surface area contributed by atoms with Gasteiger partial charge < -0.3 is 11.1 Å². The van der Waals surface area contributed by atoms with Crippen molar-refractivity contribution in [2.75, 3.05) is 24.1 Å². The Balaban J connectivity index is 1.62. The number of hydrogen-bond donors (Lipinski definition) is 2. The number of halogens is 1. The molecule has 116 valence electrons. The van der Waals surface area contributed by atoms with Gasteiger partial charge in [-0.15, -0.1) is 0 Å². The van der Waals surface area contributed by atoms with Crippen molar-refractivity contribution in [1.82, 2.24) is 14.9 Å². The first-order chi connectivity index (χ1) is 10.6. The van der Waals surface area contributed by atoms with Crippen LogP contribution in [-0.2, 0) is 0 Å². The number of rotatable bonds is 4. The molecule has 2 aromatic rings. The predicted octanol–water partition coefficient (Wildman–Crippen LogP) is 2.96. The molecule has 0 bridgehead atoms. The van der Waals surface area contributed by atoms with E-state index in [-0.39, 0.29) is 5.95 Å². The topological polar surface area (TPSA) is 67.1 Å². The lowest BCUT2D eigenvalue weighted by Gasteiger charge is -2.25. The smallest absolute Gasteiger partial charge is 0.223 e. The molecule has 5 nitrogen and oxygen atoms in total. The lowest BCUT2D eigenvalue weighted by atomic mass is 10.1. The molecule has 22 heavy (non-hydrogen) atoms. The highest BCUT2D eigenvalue weighted by Crippen LogP contribution is 2.26. The van der Waals surface area contributed by atoms with Gasteiger partial charge in [0.15, 0.2) is 0 Å². The van der Waals surface area contributed by atoms with Gasteiger partial charge in [-0.3, -0.25) is 4.90 Å². The number of nitrogen functional groups attached to an aromatic ring is 1. The Labute approximate surface area is 135 Å². The molecule has 2 unspecified atom stereocenters. The van der Waals surface area contributed by atoms with Crippen molar-refractivity contribution >= 4 is 23.4 Å². The maximum absolute atomic E-state index is 5.91. The second-order valence-electron chi connectivity index (χ2n) is 5.65. The molecule has 2 atom stereocenters. The van der Waals surface area contributed by atoms with Crippen LogP contribution in [0.1, 0.15) is 24.9 Å². The van der Waals surface area contributed by atoms with Gasteiger partial charge >= 0.3 is 0 Å². The van der Waals surface area contributed by atoms with E-state index in [0.29, 0.717) is 23.1 Å². The van der Waals surface area contributed by atoms with Crippen LogP contribution in [0.3, 0.4) is 0 Å². The van der Waals surface area contributed by atoms with Gasteiger partial charge in [0.25, 0.3) is 0 Å². The number of nitrogens with one attached hydrogen (secondary N) is 1. The largest absolute Gasteiger partial charge is 0.368 e. The van der Waals surface area contributed by atoms with Crippen molar-refractivity contribution in [2.24, 2.45) is 0 Å². The number of likely N-dealkylation sites (tertiary alicyclic amines) is 1. The van der Waals surface area contributed by atoms with Gasteiger partial charge in [0, 0.05) is 31.2 Å². The van der Waals surface area contributed by atoms with E-state index in [1.54, 1.807) is 6.07 Å². The second-order valence-corrected chi connectivity index (χ2v) is 6.03. The quantitative estimate of drug-likeness (QED) is 0.849. The Morgan fingerprint density at radius 2 is 2.09 bits per heavy atom. The molecule has 1 saturated heterocycles. The molecular weight excluding hydrogens is 298 g/mol. The van der Waals surface area contributed by atoms with E-state index >= 15 is 0 Å². The maximum Gasteiger partial charge on any atom is 0.223 e. The van der Waals surface area contributed by atoms with Crippen LogP contribution >= 0.6 is 11.6 Å². The summed E-state index contributed by atoms with van der Waals surface area (Å²) in [6.07, 6.45) is 1.07. The molecule has 6 heteroatoms. The minimum Gasteiger partial charge on any atom is -0.368 e. The summed E-state index contributed by atoms with van der Waals surface area (Å²) < 4.78 is 0. The lowest BCUT2D eigenvalue weighted by Crippen LogP contribution is -2.28. The summed E-state index contributed by atoms with van der Waals surface area (Å²) in [6, 6.07) is 13.0. The first-order valence-corrected chi connectivity index (χ1v) is 7.85. The Bertz CT molecular complexity index is 613. The van der Waals surface area contributed by atoms with Gasteiger partial charge in [-0.05, 0) is 18.9 Å². The molecule has 0 spiro atoms. The highest BCUT2D eigenvalue weighted by atomic mass is 35.5. The van der Waals surface area contributed by atoms with Gasteiger partial charge in [0.1, 0.15) is 11.0 Å². The van der Waals surface area contributed by atoms with E-state index < -0.39 is 0 Å². The standard InChI is InChI=1S/C16H20ClN5/c1-11(12-5-3-2-4-6-12)22-8-7-13(10-22)19-15-9-14(17)20-16(18)21-15/h2-6,9,11,13H,7-8,10H2,1H3,(H3,18,19,20,21). The first kappa shape index (κ1) is 15.1. The zero-order chi connectivity index (χ0) is 15.5. The Morgan fingerprint density at radius 1 is 1.32 bits per heavy atom. The highest BCUT2D eigenvalue weighted by molar-refractivity contribution is 6.29. The first-order valence-electron chi connectivity index (χ1n) is 7.47. The summed E-state index contributed by atoms with van der Waals surface area (Å²) >= 11 is 5.91. The summed E-state index contributed by atoms with van der Waals surface area (Å²) in [4.78, 5) is 10.5. The fourth-order valence-corrected chi connectivity index (χ4v) is 3.11. The number of aromatic nitrogens is 2. The number of nitrogens with zero attached hydrogens (tertiary/aromatic N) is 3. The van der Waals surface area contributed by atoms with E-state index in [1.165, 1.54) is 5.56 Å². The Kier molecular flexibility index (Phi) is 4.45. The van der Waals surface area contributed by atoms with E-state index in [1.807, 2.05) is 6.07 Å². The zero-order valence-electron chi connectivity index (χ0n) is 12.5. The third-order valence-corrected chi connectivity index (χ3v) is 4.31. The van der Waals surface area contributed by atoms with Crippen molar-refractivity contribution in [3.05, 3.63) is 47.1 Å². The molecule has 1 aromatic heterocycles. The average molecular weight is 318 g/mol. The van der Waals surface area contributed by atoms with Crippen LogP contribution in [0.15, 0.2) is 36.4 Å². The van der Waals surface area contributed by atoms with E-state index in [2.05, 4.69) is 51.4 Å². The van der Waals surface area contributed by atoms with E-state index in [0.717, 1.165) is 19.5 Å². The van der Waals surface area contributed by atoms with Crippen molar-refractivity contribution in [1.29, 1.82) is 0 Å². The molecule has 1 aliphatic rings. The predicted molar refractivity (Wildman–Crippen MR) is 89.9 cm³/mol. The van der Waals surface area contributed by atoms with Gasteiger partial charge in [0.05, 0.1) is 0 Å². The fourth-order valence-electron chi connectivity index (χ4n) is 2.92. The summed E-state index contributed by atoms with van der Waals surface area (Å²) in [5.74, 6) is 0.888. The SMILES string of the molecule is CC(c1ccccc1)N1CCC(Nc2cc(Cl)nc(N)n2)C1. The number of nitrogens with two attached hydrogens (primary N) is 1. The lowest BCUT2D eigenvalue weighted by molar-refractivity contribution is 0.261. The molecule has 3 N–H and O–H groups in total. The number of hydrogen-bond acceptors (Lipinski definition) is 5. The van der Waals surface area contributed by atoms with Gasteiger partial charge in [0.2, 0.25) is 5.95 Å². The van der Waals surface area contributed by atoms with Crippen molar-refractivity contribution in [3.8, 4) is 0 Å². The second kappa shape index (κ2) is 6.50. The van der Waals surface area contributed by atoms with Crippen LogP contribution in [0.5, 0.6) is 0 Å². The fraction of sp³-hybridized carbons (Fsp3) is 0.375. The number of anilines is 2. The van der Waals surface area contributed by atoms with Gasteiger partial charge in [-0.25, -0.2) is 4.98 Å². The molecule has 0 amide bonds. The van der Waals surface area contributed by atoms with Crippen molar-refractivity contribution in [2.45, 2.75) is 25.4 Å². The molecular formula is C16H20ClN5. The van der Waals surface area contributed by atoms with Crippen molar-refractivity contribution < 1.29 is 0 Å². The van der Waals surface area contributed by atoms with Crippen LogP contribution in [-0.4, -0.2) is 34.0 Å². The van der Waals surface area contributed by atoms with Crippen LogP contribution in [0.2, 0.25) is 5.15 Å². The Morgan fingerprint density at radius 3 is 2.82 bits per heavy atom. The third kappa shape index (κ3) is 3.48. The van der Waals surface area contributed by atoms with Gasteiger partial charge in [-0.1, -0.05) is 41.9 Å². The van der Waals surface area contributed by atoms with E-state index in [9.17, 15) is 0 Å². The monoisotopic (exact) mass is 317 g/mol. The third-order valence-electron chi connectivity index (χ3n) is 4.11. The minimum atomic E-state index is 0.197. The number of benzene rings is 1. The van der Waals surface area contributed by atoms with Crippen LogP contribution < -0.4 is 11.1 Å². The molecule has 3 rings (SSSR count). The molecule has 2 heterocycles. The molecule has 0 aliphatic carbocycles. The maximum atomic E-state index is 5.91. The van der Waals surface area contributed by atoms with Crippen LogP contribution in [0.25, 0.3) is 0 Å². The van der Waals surface area contributed by atoms with Gasteiger partial charge in [-0.2, -0.15) is 4.98 Å².